The molecule has 3 aromatic rings. The number of aromatic nitrogens is 2. The summed E-state index contributed by atoms with van der Waals surface area (Å²) < 4.78 is 41.0. The van der Waals surface area contributed by atoms with Gasteiger partial charge in [0, 0.05) is 11.9 Å². The highest BCUT2D eigenvalue weighted by molar-refractivity contribution is 5.88. The minimum absolute atomic E-state index is 0.184. The highest BCUT2D eigenvalue weighted by Crippen LogP contribution is 2.21. The van der Waals surface area contributed by atoms with E-state index < -0.39 is 12.8 Å². The Bertz CT molecular complexity index is 814. The Kier molecular flexibility index (Phi) is 4.50. The third-order valence-electron chi connectivity index (χ3n) is 3.33. The van der Waals surface area contributed by atoms with Crippen LogP contribution in [-0.4, -0.2) is 22.8 Å². The fraction of sp³-hybridized carbons (Fsp3) is 0.176. The number of alkyl halides is 3. The van der Waals surface area contributed by atoms with Crippen molar-refractivity contribution in [2.24, 2.45) is 0 Å². The first kappa shape index (κ1) is 16.0. The summed E-state index contributed by atoms with van der Waals surface area (Å²) in [7, 11) is 0. The highest BCUT2D eigenvalue weighted by atomic mass is 19.4. The van der Waals surface area contributed by atoms with E-state index in [1.54, 1.807) is 12.1 Å². The molecular formula is C17H14F3N3O. The van der Waals surface area contributed by atoms with Crippen LogP contribution in [0.1, 0.15) is 5.56 Å². The van der Waals surface area contributed by atoms with Gasteiger partial charge in [0.25, 0.3) is 0 Å². The lowest BCUT2D eigenvalue weighted by Crippen LogP contribution is -2.19. The van der Waals surface area contributed by atoms with Gasteiger partial charge in [0.05, 0.1) is 5.52 Å². The molecule has 0 aliphatic carbocycles. The first-order valence-corrected chi connectivity index (χ1v) is 7.23. The Morgan fingerprint density at radius 2 is 1.71 bits per heavy atom. The zero-order valence-electron chi connectivity index (χ0n) is 12.5. The smallest absolute Gasteiger partial charge is 0.422 e. The summed E-state index contributed by atoms with van der Waals surface area (Å²) >= 11 is 0. The number of nitrogens with one attached hydrogen (secondary N) is 1. The lowest BCUT2D eigenvalue weighted by molar-refractivity contribution is -0.153. The molecule has 3 rings (SSSR count). The van der Waals surface area contributed by atoms with Crippen molar-refractivity contribution in [2.75, 3.05) is 11.9 Å². The van der Waals surface area contributed by atoms with Gasteiger partial charge in [-0.15, -0.1) is 0 Å². The molecular weight excluding hydrogens is 319 g/mol. The molecule has 7 heteroatoms. The molecule has 124 valence electrons. The zero-order chi connectivity index (χ0) is 17.0. The number of halogens is 3. The summed E-state index contributed by atoms with van der Waals surface area (Å²) in [4.78, 5) is 8.41. The van der Waals surface area contributed by atoms with Crippen LogP contribution in [0.4, 0.5) is 19.0 Å². The number of nitrogens with zero attached hydrogens (tertiary/aromatic N) is 2. The predicted molar refractivity (Wildman–Crippen MR) is 84.9 cm³/mol. The standard InChI is InChI=1S/C17H14F3N3O/c18-17(19,20)10-24-13-7-5-12(6-8-13)9-21-16-14-3-1-2-4-15(14)22-11-23-16/h1-8,11H,9-10H2,(H,21,22,23). The van der Waals surface area contributed by atoms with E-state index in [1.807, 2.05) is 24.3 Å². The van der Waals surface area contributed by atoms with Gasteiger partial charge in [-0.25, -0.2) is 9.97 Å². The van der Waals surface area contributed by atoms with E-state index in [9.17, 15) is 13.2 Å². The van der Waals surface area contributed by atoms with Gasteiger partial charge >= 0.3 is 6.18 Å². The Morgan fingerprint density at radius 3 is 2.46 bits per heavy atom. The molecule has 24 heavy (non-hydrogen) atoms. The SMILES string of the molecule is FC(F)(F)COc1ccc(CNc2ncnc3ccccc23)cc1. The summed E-state index contributed by atoms with van der Waals surface area (Å²) in [5, 5.41) is 4.12. The Balaban J connectivity index is 1.64. The molecule has 0 unspecified atom stereocenters. The van der Waals surface area contributed by atoms with Crippen molar-refractivity contribution >= 4 is 16.7 Å². The normalized spacial score (nSPS) is 11.5. The van der Waals surface area contributed by atoms with Crippen LogP contribution in [-0.2, 0) is 6.54 Å². The molecule has 0 bridgehead atoms. The summed E-state index contributed by atoms with van der Waals surface area (Å²) in [5.74, 6) is 0.890. The maximum Gasteiger partial charge on any atom is 0.422 e. The first-order chi connectivity index (χ1) is 11.5. The van der Waals surface area contributed by atoms with Gasteiger partial charge in [0.2, 0.25) is 0 Å². The Hall–Kier alpha value is -2.83. The molecule has 1 N–H and O–H groups in total. The molecule has 0 saturated carbocycles. The van der Waals surface area contributed by atoms with Crippen LogP contribution in [0.2, 0.25) is 0 Å². The molecule has 0 amide bonds. The van der Waals surface area contributed by atoms with Crippen LogP contribution >= 0.6 is 0 Å². The van der Waals surface area contributed by atoms with Gasteiger partial charge < -0.3 is 10.1 Å². The monoisotopic (exact) mass is 333 g/mol. The van der Waals surface area contributed by atoms with Crippen LogP contribution in [0.15, 0.2) is 54.9 Å². The van der Waals surface area contributed by atoms with Crippen LogP contribution in [0.25, 0.3) is 10.9 Å². The molecule has 0 saturated heterocycles. The lowest BCUT2D eigenvalue weighted by Gasteiger charge is -2.11. The summed E-state index contributed by atoms with van der Waals surface area (Å²) in [6.45, 7) is -0.807. The summed E-state index contributed by atoms with van der Waals surface area (Å²) in [5.41, 5.74) is 1.74. The number of hydrogen-bond donors (Lipinski definition) is 1. The molecule has 2 aromatic carbocycles. The summed E-state index contributed by atoms with van der Waals surface area (Å²) in [6.07, 6.45) is -2.85. The van der Waals surface area contributed by atoms with Crippen LogP contribution in [0.3, 0.4) is 0 Å². The number of rotatable bonds is 5. The number of anilines is 1. The molecule has 0 atom stereocenters. The maximum absolute atomic E-state index is 12.1. The average Bonchev–Trinajstić information content (AvgIpc) is 2.58. The highest BCUT2D eigenvalue weighted by Gasteiger charge is 2.28. The molecule has 1 heterocycles. The van der Waals surface area contributed by atoms with Crippen molar-refractivity contribution in [1.29, 1.82) is 0 Å². The van der Waals surface area contributed by atoms with Gasteiger partial charge in [-0.3, -0.25) is 0 Å². The molecule has 0 fully saturated rings. The van der Waals surface area contributed by atoms with E-state index in [0.717, 1.165) is 16.5 Å². The van der Waals surface area contributed by atoms with Crippen molar-refractivity contribution in [2.45, 2.75) is 12.7 Å². The second-order valence-electron chi connectivity index (χ2n) is 5.14. The summed E-state index contributed by atoms with van der Waals surface area (Å²) in [6, 6.07) is 14.1. The van der Waals surface area contributed by atoms with E-state index in [2.05, 4.69) is 20.0 Å². The van der Waals surface area contributed by atoms with Crippen molar-refractivity contribution in [1.82, 2.24) is 9.97 Å². The number of benzene rings is 2. The maximum atomic E-state index is 12.1. The van der Waals surface area contributed by atoms with Crippen molar-refractivity contribution < 1.29 is 17.9 Å². The molecule has 4 nitrogen and oxygen atoms in total. The van der Waals surface area contributed by atoms with Crippen molar-refractivity contribution in [3.8, 4) is 5.75 Å². The van der Waals surface area contributed by atoms with Gasteiger partial charge in [0.15, 0.2) is 6.61 Å². The van der Waals surface area contributed by atoms with Crippen molar-refractivity contribution in [3.05, 3.63) is 60.4 Å². The number of hydrogen-bond acceptors (Lipinski definition) is 4. The number of para-hydroxylation sites is 1. The fourth-order valence-electron chi connectivity index (χ4n) is 2.20. The largest absolute Gasteiger partial charge is 0.484 e. The fourth-order valence-corrected chi connectivity index (χ4v) is 2.20. The van der Waals surface area contributed by atoms with Crippen LogP contribution in [0, 0.1) is 0 Å². The third kappa shape index (κ3) is 4.13. The molecule has 0 radical (unpaired) electrons. The quantitative estimate of drug-likeness (QED) is 0.761. The Morgan fingerprint density at radius 1 is 0.958 bits per heavy atom. The van der Waals surface area contributed by atoms with E-state index in [0.29, 0.717) is 12.4 Å². The molecule has 0 spiro atoms. The zero-order valence-corrected chi connectivity index (χ0v) is 12.5. The van der Waals surface area contributed by atoms with E-state index in [4.69, 9.17) is 0 Å². The number of fused-ring (bicyclic) bond motifs is 1. The van der Waals surface area contributed by atoms with Gasteiger partial charge in [-0.05, 0) is 29.8 Å². The van der Waals surface area contributed by atoms with Gasteiger partial charge in [0.1, 0.15) is 17.9 Å². The minimum atomic E-state index is -4.34. The third-order valence-corrected chi connectivity index (χ3v) is 3.33. The molecule has 0 aliphatic rings. The van der Waals surface area contributed by atoms with E-state index in [1.165, 1.54) is 18.5 Å². The average molecular weight is 333 g/mol. The molecule has 1 aromatic heterocycles. The second kappa shape index (κ2) is 6.74. The molecule has 0 aliphatic heterocycles. The van der Waals surface area contributed by atoms with E-state index in [-0.39, 0.29) is 5.75 Å². The Labute approximate surface area is 136 Å². The van der Waals surface area contributed by atoms with Gasteiger partial charge in [-0.1, -0.05) is 24.3 Å². The van der Waals surface area contributed by atoms with Gasteiger partial charge in [-0.2, -0.15) is 13.2 Å². The lowest BCUT2D eigenvalue weighted by atomic mass is 10.2. The minimum Gasteiger partial charge on any atom is -0.484 e. The first-order valence-electron chi connectivity index (χ1n) is 7.23. The van der Waals surface area contributed by atoms with E-state index >= 15 is 0 Å². The second-order valence-corrected chi connectivity index (χ2v) is 5.14. The van der Waals surface area contributed by atoms with Crippen molar-refractivity contribution in [3.63, 3.8) is 0 Å². The topological polar surface area (TPSA) is 47.0 Å². The number of ether oxygens (including phenoxy) is 1. The van der Waals surface area contributed by atoms with Crippen LogP contribution in [0.5, 0.6) is 5.75 Å². The predicted octanol–water partition coefficient (Wildman–Crippen LogP) is 4.18. The van der Waals surface area contributed by atoms with Crippen LogP contribution < -0.4 is 10.1 Å².